The molecule has 0 bridgehead atoms. The van der Waals surface area contributed by atoms with Crippen LogP contribution in [0.4, 0.5) is 0 Å². The highest BCUT2D eigenvalue weighted by molar-refractivity contribution is 5.92. The van der Waals surface area contributed by atoms with Crippen molar-refractivity contribution in [2.75, 3.05) is 13.1 Å². The predicted octanol–water partition coefficient (Wildman–Crippen LogP) is 0.198. The normalized spacial score (nSPS) is 10.0. The van der Waals surface area contributed by atoms with Crippen molar-refractivity contribution in [3.63, 3.8) is 0 Å². The molecule has 0 spiro atoms. The van der Waals surface area contributed by atoms with Crippen LogP contribution in [0.1, 0.15) is 36.0 Å². The van der Waals surface area contributed by atoms with Gasteiger partial charge >= 0.3 is 0 Å². The third-order valence-electron chi connectivity index (χ3n) is 2.30. The standard InChI is InChI=1S/C12H17N3O4/c1-8(16)3-4-11(17)13-5-6-14-12(18)10-7-9(2)19-15-10/h7H,3-6H2,1-2H3,(H,13,17)(H,14,18). The number of ketones is 1. The fourth-order valence-electron chi connectivity index (χ4n) is 1.32. The van der Waals surface area contributed by atoms with Crippen LogP contribution >= 0.6 is 0 Å². The molecule has 0 atom stereocenters. The molecule has 0 fully saturated rings. The number of aromatic nitrogens is 1. The second-order valence-electron chi connectivity index (χ2n) is 4.13. The fraction of sp³-hybridized carbons (Fsp3) is 0.500. The fourth-order valence-corrected chi connectivity index (χ4v) is 1.32. The van der Waals surface area contributed by atoms with Crippen LogP contribution in [-0.2, 0) is 9.59 Å². The van der Waals surface area contributed by atoms with E-state index in [2.05, 4.69) is 15.8 Å². The van der Waals surface area contributed by atoms with E-state index in [0.717, 1.165) is 0 Å². The molecular weight excluding hydrogens is 250 g/mol. The third-order valence-corrected chi connectivity index (χ3v) is 2.30. The summed E-state index contributed by atoms with van der Waals surface area (Å²) in [5.41, 5.74) is 0.209. The van der Waals surface area contributed by atoms with E-state index in [9.17, 15) is 14.4 Å². The van der Waals surface area contributed by atoms with E-state index in [1.165, 1.54) is 13.0 Å². The number of carbonyl (C=O) groups excluding carboxylic acids is 3. The SMILES string of the molecule is CC(=O)CCC(=O)NCCNC(=O)c1cc(C)on1. The van der Waals surface area contributed by atoms with E-state index in [1.54, 1.807) is 6.92 Å². The third kappa shape index (κ3) is 5.80. The molecule has 1 rings (SSSR count). The highest BCUT2D eigenvalue weighted by Crippen LogP contribution is 2.00. The molecule has 0 aliphatic heterocycles. The van der Waals surface area contributed by atoms with Crippen molar-refractivity contribution in [3.8, 4) is 0 Å². The number of amides is 2. The smallest absolute Gasteiger partial charge is 0.273 e. The lowest BCUT2D eigenvalue weighted by Crippen LogP contribution is -2.34. The molecule has 1 aromatic heterocycles. The van der Waals surface area contributed by atoms with Crippen LogP contribution in [0.5, 0.6) is 0 Å². The average Bonchev–Trinajstić information content (AvgIpc) is 2.78. The van der Waals surface area contributed by atoms with Gasteiger partial charge in [0.15, 0.2) is 5.69 Å². The van der Waals surface area contributed by atoms with Crippen LogP contribution in [0.25, 0.3) is 0 Å². The van der Waals surface area contributed by atoms with Gasteiger partial charge in [-0.15, -0.1) is 0 Å². The lowest BCUT2D eigenvalue weighted by Gasteiger charge is -2.05. The van der Waals surface area contributed by atoms with Crippen molar-refractivity contribution in [1.29, 1.82) is 0 Å². The molecule has 19 heavy (non-hydrogen) atoms. The Morgan fingerprint density at radius 3 is 2.47 bits per heavy atom. The lowest BCUT2D eigenvalue weighted by atomic mass is 10.2. The first-order valence-electron chi connectivity index (χ1n) is 5.96. The number of nitrogens with one attached hydrogen (secondary N) is 2. The summed E-state index contributed by atoms with van der Waals surface area (Å²) in [4.78, 5) is 33.5. The van der Waals surface area contributed by atoms with Crippen molar-refractivity contribution in [2.24, 2.45) is 0 Å². The Kier molecular flexibility index (Phi) is 5.72. The molecule has 0 saturated heterocycles. The molecule has 7 heteroatoms. The molecule has 0 unspecified atom stereocenters. The maximum absolute atomic E-state index is 11.5. The minimum absolute atomic E-state index is 0.0233. The molecule has 0 aliphatic rings. The molecule has 7 nitrogen and oxygen atoms in total. The highest BCUT2D eigenvalue weighted by Gasteiger charge is 2.10. The summed E-state index contributed by atoms with van der Waals surface area (Å²) in [5, 5.41) is 8.76. The topological polar surface area (TPSA) is 101 Å². The van der Waals surface area contributed by atoms with Crippen LogP contribution in [-0.4, -0.2) is 35.8 Å². The number of hydrogen-bond acceptors (Lipinski definition) is 5. The van der Waals surface area contributed by atoms with Gasteiger partial charge in [0.25, 0.3) is 5.91 Å². The summed E-state index contributed by atoms with van der Waals surface area (Å²) in [5.74, 6) is -0.0240. The predicted molar refractivity (Wildman–Crippen MR) is 66.5 cm³/mol. The first-order chi connectivity index (χ1) is 8.99. The molecule has 2 amide bonds. The Morgan fingerprint density at radius 2 is 1.89 bits per heavy atom. The summed E-state index contributed by atoms with van der Waals surface area (Å²) in [6, 6.07) is 1.53. The number of Topliss-reactive ketones (excluding diaryl/α,β-unsaturated/α-hetero) is 1. The molecule has 1 heterocycles. The summed E-state index contributed by atoms with van der Waals surface area (Å²) in [7, 11) is 0. The van der Waals surface area contributed by atoms with E-state index in [-0.39, 0.29) is 42.7 Å². The van der Waals surface area contributed by atoms with Gasteiger partial charge in [-0.25, -0.2) is 0 Å². The van der Waals surface area contributed by atoms with Gasteiger partial charge in [-0.2, -0.15) is 0 Å². The van der Waals surface area contributed by atoms with Crippen LogP contribution in [0, 0.1) is 6.92 Å². The van der Waals surface area contributed by atoms with Gasteiger partial charge in [0, 0.05) is 32.0 Å². The Balaban J connectivity index is 2.15. The highest BCUT2D eigenvalue weighted by atomic mass is 16.5. The summed E-state index contributed by atoms with van der Waals surface area (Å²) in [6.45, 7) is 3.72. The van der Waals surface area contributed by atoms with Crippen molar-refractivity contribution in [1.82, 2.24) is 15.8 Å². The summed E-state index contributed by atoms with van der Waals surface area (Å²) in [6.07, 6.45) is 0.405. The molecule has 0 aliphatic carbocycles. The van der Waals surface area contributed by atoms with E-state index in [1.807, 2.05) is 0 Å². The summed E-state index contributed by atoms with van der Waals surface area (Å²) >= 11 is 0. The number of hydrogen-bond donors (Lipinski definition) is 2. The van der Waals surface area contributed by atoms with Gasteiger partial charge in [-0.05, 0) is 13.8 Å². The number of rotatable bonds is 7. The van der Waals surface area contributed by atoms with Gasteiger partial charge < -0.3 is 20.0 Å². The quantitative estimate of drug-likeness (QED) is 0.687. The zero-order chi connectivity index (χ0) is 14.3. The number of aryl methyl sites for hydroxylation is 1. The van der Waals surface area contributed by atoms with E-state index in [4.69, 9.17) is 4.52 Å². The number of carbonyl (C=O) groups is 3. The number of nitrogens with zero attached hydrogens (tertiary/aromatic N) is 1. The van der Waals surface area contributed by atoms with Crippen LogP contribution in [0.3, 0.4) is 0 Å². The minimum Gasteiger partial charge on any atom is -0.361 e. The Labute approximate surface area is 110 Å². The molecule has 1 aromatic rings. The molecule has 2 N–H and O–H groups in total. The zero-order valence-electron chi connectivity index (χ0n) is 11.0. The van der Waals surface area contributed by atoms with Gasteiger partial charge in [0.05, 0.1) is 0 Å². The molecule has 0 radical (unpaired) electrons. The zero-order valence-corrected chi connectivity index (χ0v) is 11.0. The van der Waals surface area contributed by atoms with E-state index < -0.39 is 0 Å². The van der Waals surface area contributed by atoms with Crippen molar-refractivity contribution in [2.45, 2.75) is 26.7 Å². The first-order valence-corrected chi connectivity index (χ1v) is 5.96. The van der Waals surface area contributed by atoms with Gasteiger partial charge in [-0.3, -0.25) is 9.59 Å². The molecule has 0 aromatic carbocycles. The van der Waals surface area contributed by atoms with E-state index >= 15 is 0 Å². The van der Waals surface area contributed by atoms with Crippen molar-refractivity contribution in [3.05, 3.63) is 17.5 Å². The van der Waals surface area contributed by atoms with Gasteiger partial charge in [0.1, 0.15) is 11.5 Å². The largest absolute Gasteiger partial charge is 0.361 e. The first kappa shape index (κ1) is 14.9. The van der Waals surface area contributed by atoms with Crippen molar-refractivity contribution >= 4 is 17.6 Å². The van der Waals surface area contributed by atoms with Crippen LogP contribution < -0.4 is 10.6 Å². The van der Waals surface area contributed by atoms with Gasteiger partial charge in [0.2, 0.25) is 5.91 Å². The second kappa shape index (κ2) is 7.30. The van der Waals surface area contributed by atoms with Gasteiger partial charge in [-0.1, -0.05) is 5.16 Å². The maximum Gasteiger partial charge on any atom is 0.273 e. The Bertz CT molecular complexity index is 467. The Morgan fingerprint density at radius 1 is 1.21 bits per heavy atom. The lowest BCUT2D eigenvalue weighted by molar-refractivity contribution is -0.124. The van der Waals surface area contributed by atoms with Crippen molar-refractivity contribution < 1.29 is 18.9 Å². The molecule has 0 saturated carbocycles. The monoisotopic (exact) mass is 267 g/mol. The average molecular weight is 267 g/mol. The molecular formula is C12H17N3O4. The molecule has 104 valence electrons. The van der Waals surface area contributed by atoms with E-state index in [0.29, 0.717) is 12.3 Å². The van der Waals surface area contributed by atoms with Crippen LogP contribution in [0.2, 0.25) is 0 Å². The maximum atomic E-state index is 11.5. The summed E-state index contributed by atoms with van der Waals surface area (Å²) < 4.78 is 4.77. The minimum atomic E-state index is -0.352. The Hall–Kier alpha value is -2.18. The second-order valence-corrected chi connectivity index (χ2v) is 4.13. The van der Waals surface area contributed by atoms with Crippen LogP contribution in [0.15, 0.2) is 10.6 Å².